The largest absolute Gasteiger partial charge is 0.595 e. The summed E-state index contributed by atoms with van der Waals surface area (Å²) < 4.78 is 10.8. The Morgan fingerprint density at radius 3 is 1.90 bits per heavy atom. The highest BCUT2D eigenvalue weighted by atomic mass is 32.2. The molecule has 9 heteroatoms. The van der Waals surface area contributed by atoms with Gasteiger partial charge in [0.2, 0.25) is 0 Å². The van der Waals surface area contributed by atoms with Gasteiger partial charge in [0.1, 0.15) is 18.4 Å². The van der Waals surface area contributed by atoms with Crippen LogP contribution in [0, 0.1) is 5.21 Å². The molecule has 0 saturated heterocycles. The van der Waals surface area contributed by atoms with Crippen LogP contribution in [0.4, 0.5) is 10.5 Å². The molecule has 0 spiro atoms. The number of ether oxygens (including phenoxy) is 2. The van der Waals surface area contributed by atoms with Crippen molar-refractivity contribution in [2.75, 3.05) is 5.75 Å². The maximum atomic E-state index is 13.2. The quantitative estimate of drug-likeness (QED) is 0.141. The third-order valence-corrected chi connectivity index (χ3v) is 7.15. The van der Waals surface area contributed by atoms with Crippen molar-refractivity contribution < 1.29 is 29.5 Å². The van der Waals surface area contributed by atoms with E-state index in [4.69, 9.17) is 14.7 Å². The molecular weight excluding hydrogens is 516 g/mol. The zero-order chi connectivity index (χ0) is 27.5. The van der Waals surface area contributed by atoms with E-state index in [9.17, 15) is 14.8 Å². The van der Waals surface area contributed by atoms with Crippen LogP contribution in [0.2, 0.25) is 0 Å². The third-order valence-electron chi connectivity index (χ3n) is 5.74. The van der Waals surface area contributed by atoms with Gasteiger partial charge in [-0.1, -0.05) is 91.0 Å². The fourth-order valence-electron chi connectivity index (χ4n) is 3.76. The number of rotatable bonds is 11. The molecule has 200 valence electrons. The molecule has 39 heavy (non-hydrogen) atoms. The minimum absolute atomic E-state index is 0.0505. The molecule has 4 aromatic carbocycles. The van der Waals surface area contributed by atoms with Crippen LogP contribution < -0.4 is 15.3 Å². The number of hydrogen-bond acceptors (Lipinski definition) is 7. The summed E-state index contributed by atoms with van der Waals surface area (Å²) >= 11 is 1.49. The highest BCUT2D eigenvalue weighted by molar-refractivity contribution is 7.99. The molecular formula is C30H28N2O6S. The molecule has 3 N–H and O–H groups in total. The third kappa shape index (κ3) is 8.42. The number of alkyl carbamates (subject to hydrolysis) is 1. The number of amides is 1. The molecule has 4 rings (SSSR count). The van der Waals surface area contributed by atoms with E-state index in [1.165, 1.54) is 36.0 Å². The minimum Gasteiger partial charge on any atom is -0.595 e. The standard InChI is InChI=1S/C30H28N2O6S/c33-29(38-26-18-16-25(17-19-26)32(35)36)27(31-30(34)37-20-22-10-4-1-5-11-22)21-39-28(23-12-6-2-7-13-23)24-14-8-3-9-15-24/h1-19,27-28,32,35H,20-21H2,(H,31,34). The Balaban J connectivity index is 1.49. The second-order valence-corrected chi connectivity index (χ2v) is 9.68. The van der Waals surface area contributed by atoms with Crippen LogP contribution in [0.1, 0.15) is 21.9 Å². The Morgan fingerprint density at radius 1 is 0.821 bits per heavy atom. The van der Waals surface area contributed by atoms with Gasteiger partial charge in [-0.15, -0.1) is 11.8 Å². The highest BCUT2D eigenvalue weighted by Crippen LogP contribution is 2.36. The van der Waals surface area contributed by atoms with E-state index in [-0.39, 0.29) is 29.0 Å². The fourth-order valence-corrected chi connectivity index (χ4v) is 5.07. The molecule has 4 aromatic rings. The van der Waals surface area contributed by atoms with Gasteiger partial charge in [0.15, 0.2) is 5.69 Å². The summed E-state index contributed by atoms with van der Waals surface area (Å²) in [7, 11) is 0. The Kier molecular flexibility index (Phi) is 10.1. The van der Waals surface area contributed by atoms with E-state index in [0.717, 1.165) is 16.7 Å². The summed E-state index contributed by atoms with van der Waals surface area (Å²) in [6.45, 7) is 0.0505. The minimum atomic E-state index is -1.09. The second-order valence-electron chi connectivity index (χ2n) is 8.54. The molecule has 0 aliphatic rings. The maximum absolute atomic E-state index is 13.2. The van der Waals surface area contributed by atoms with Crippen LogP contribution in [0.3, 0.4) is 0 Å². The molecule has 2 unspecified atom stereocenters. The van der Waals surface area contributed by atoms with Gasteiger partial charge in [-0.25, -0.2) is 14.8 Å². The average Bonchev–Trinajstić information content (AvgIpc) is 2.97. The van der Waals surface area contributed by atoms with Gasteiger partial charge in [-0.05, 0) is 28.8 Å². The van der Waals surface area contributed by atoms with E-state index < -0.39 is 23.3 Å². The van der Waals surface area contributed by atoms with E-state index in [2.05, 4.69) is 5.32 Å². The lowest BCUT2D eigenvalue weighted by Crippen LogP contribution is -2.99. The topological polar surface area (TPSA) is 112 Å². The van der Waals surface area contributed by atoms with Crippen molar-refractivity contribution in [3.8, 4) is 5.75 Å². The zero-order valence-electron chi connectivity index (χ0n) is 20.9. The van der Waals surface area contributed by atoms with Crippen LogP contribution in [0.15, 0.2) is 115 Å². The first-order valence-electron chi connectivity index (χ1n) is 12.2. The summed E-state index contributed by atoms with van der Waals surface area (Å²) in [6.07, 6.45) is -0.751. The van der Waals surface area contributed by atoms with Crippen LogP contribution in [0.5, 0.6) is 5.75 Å². The van der Waals surface area contributed by atoms with Gasteiger partial charge >= 0.3 is 12.1 Å². The Morgan fingerprint density at radius 2 is 1.36 bits per heavy atom. The first-order chi connectivity index (χ1) is 19.0. The summed E-state index contributed by atoms with van der Waals surface area (Å²) in [4.78, 5) is 25.9. The van der Waals surface area contributed by atoms with Gasteiger partial charge in [0, 0.05) is 17.9 Å². The van der Waals surface area contributed by atoms with E-state index >= 15 is 0 Å². The molecule has 8 nitrogen and oxygen atoms in total. The van der Waals surface area contributed by atoms with Crippen molar-refractivity contribution in [1.82, 2.24) is 5.32 Å². The first kappa shape index (κ1) is 27.9. The molecule has 2 atom stereocenters. The van der Waals surface area contributed by atoms with Crippen LogP contribution in [-0.4, -0.2) is 29.1 Å². The van der Waals surface area contributed by atoms with Gasteiger partial charge in [0.05, 0.1) is 5.25 Å². The van der Waals surface area contributed by atoms with Gasteiger partial charge in [-0.3, -0.25) is 0 Å². The zero-order valence-corrected chi connectivity index (χ0v) is 21.8. The lowest BCUT2D eigenvalue weighted by atomic mass is 10.0. The average molecular weight is 545 g/mol. The van der Waals surface area contributed by atoms with Crippen molar-refractivity contribution in [2.24, 2.45) is 0 Å². The Hall–Kier alpha value is -4.15. The number of esters is 1. The monoisotopic (exact) mass is 544 g/mol. The molecule has 0 heterocycles. The molecule has 0 radical (unpaired) electrons. The number of benzene rings is 4. The molecule has 1 amide bonds. The molecule has 0 aliphatic carbocycles. The van der Waals surface area contributed by atoms with Crippen LogP contribution in [0.25, 0.3) is 0 Å². The number of hydrogen-bond donors (Lipinski definition) is 3. The maximum Gasteiger partial charge on any atom is 0.408 e. The van der Waals surface area contributed by atoms with Crippen LogP contribution >= 0.6 is 11.8 Å². The predicted octanol–water partition coefficient (Wildman–Crippen LogP) is 4.81. The molecule has 0 aromatic heterocycles. The van der Waals surface area contributed by atoms with Crippen LogP contribution in [-0.2, 0) is 16.1 Å². The van der Waals surface area contributed by atoms with E-state index in [1.807, 2.05) is 91.0 Å². The second kappa shape index (κ2) is 14.1. The molecule has 0 bridgehead atoms. The normalized spacial score (nSPS) is 12.4. The number of nitrogens with one attached hydrogen (secondary N) is 2. The highest BCUT2D eigenvalue weighted by Gasteiger charge is 2.26. The van der Waals surface area contributed by atoms with Gasteiger partial charge in [0.25, 0.3) is 0 Å². The van der Waals surface area contributed by atoms with E-state index in [0.29, 0.717) is 0 Å². The van der Waals surface area contributed by atoms with Crippen molar-refractivity contribution >= 4 is 29.5 Å². The number of thioether (sulfide) groups is 1. The number of carbonyl (C=O) groups is 2. The number of carbonyl (C=O) groups excluding carboxylic acids is 2. The molecule has 0 saturated carbocycles. The number of quaternary nitrogens is 1. The Bertz CT molecular complexity index is 1280. The van der Waals surface area contributed by atoms with Gasteiger partial charge < -0.3 is 20.0 Å². The van der Waals surface area contributed by atoms with Crippen molar-refractivity contribution in [2.45, 2.75) is 17.9 Å². The summed E-state index contributed by atoms with van der Waals surface area (Å²) in [5, 5.41) is 21.7. The lowest BCUT2D eigenvalue weighted by molar-refractivity contribution is -0.991. The smallest absolute Gasteiger partial charge is 0.408 e. The van der Waals surface area contributed by atoms with Gasteiger partial charge in [-0.2, -0.15) is 5.23 Å². The predicted molar refractivity (Wildman–Crippen MR) is 149 cm³/mol. The van der Waals surface area contributed by atoms with Crippen molar-refractivity contribution in [3.05, 3.63) is 137 Å². The Labute approximate surface area is 230 Å². The fraction of sp³-hybridized carbons (Fsp3) is 0.133. The summed E-state index contributed by atoms with van der Waals surface area (Å²) in [5.74, 6) is -0.328. The molecule has 0 aliphatic heterocycles. The molecule has 0 fully saturated rings. The summed E-state index contributed by atoms with van der Waals surface area (Å²) in [6, 6.07) is 33.4. The van der Waals surface area contributed by atoms with Crippen molar-refractivity contribution in [3.63, 3.8) is 0 Å². The first-order valence-corrected chi connectivity index (χ1v) is 13.3. The van der Waals surface area contributed by atoms with Crippen molar-refractivity contribution in [1.29, 1.82) is 0 Å². The summed E-state index contributed by atoms with van der Waals surface area (Å²) in [5.41, 5.74) is 2.99. The van der Waals surface area contributed by atoms with E-state index in [1.54, 1.807) is 0 Å². The lowest BCUT2D eigenvalue weighted by Gasteiger charge is -2.22. The SMILES string of the molecule is O=C(NC(CSC(c1ccccc1)c1ccccc1)C(=O)Oc1ccc([NH+]([O-])O)cc1)OCc1ccccc1.